The zero-order valence-electron chi connectivity index (χ0n) is 18.4. The fraction of sp³-hybridized carbons (Fsp3) is 0.556. The summed E-state index contributed by atoms with van der Waals surface area (Å²) in [7, 11) is 0. The van der Waals surface area contributed by atoms with Crippen molar-refractivity contribution in [1.82, 2.24) is 10.6 Å². The van der Waals surface area contributed by atoms with Gasteiger partial charge in [-0.2, -0.15) is 0 Å². The smallest absolute Gasteiger partial charge is 0.0214 e. The maximum Gasteiger partial charge on any atom is 0.0214 e. The van der Waals surface area contributed by atoms with Crippen molar-refractivity contribution in [2.45, 2.75) is 52.0 Å². The molecule has 2 heteroatoms. The average Bonchev–Trinajstić information content (AvgIpc) is 2.76. The second-order valence-electron chi connectivity index (χ2n) is 10.0. The average molecular weight is 391 g/mol. The summed E-state index contributed by atoms with van der Waals surface area (Å²) in [6.45, 7) is 10.5. The molecule has 3 aliphatic carbocycles. The van der Waals surface area contributed by atoms with E-state index in [-0.39, 0.29) is 0 Å². The zero-order valence-corrected chi connectivity index (χ0v) is 18.4. The van der Waals surface area contributed by atoms with E-state index in [2.05, 4.69) is 92.1 Å². The van der Waals surface area contributed by atoms with Crippen molar-refractivity contribution in [3.63, 3.8) is 0 Å². The fourth-order valence-corrected chi connectivity index (χ4v) is 5.87. The lowest BCUT2D eigenvalue weighted by Gasteiger charge is -2.60. The van der Waals surface area contributed by atoms with Gasteiger partial charge in [0.15, 0.2) is 0 Å². The van der Waals surface area contributed by atoms with E-state index in [1.165, 1.54) is 36.9 Å². The summed E-state index contributed by atoms with van der Waals surface area (Å²) < 4.78 is 0. The normalized spacial score (nSPS) is 26.1. The minimum absolute atomic E-state index is 0.399. The van der Waals surface area contributed by atoms with E-state index in [1.807, 2.05) is 0 Å². The number of nitrogens with one attached hydrogen (secondary N) is 2. The molecule has 0 saturated heterocycles. The second-order valence-corrected chi connectivity index (χ2v) is 10.0. The van der Waals surface area contributed by atoms with Crippen LogP contribution in [0.15, 0.2) is 60.7 Å². The summed E-state index contributed by atoms with van der Waals surface area (Å²) in [5.74, 6) is 3.21. The predicted molar refractivity (Wildman–Crippen MR) is 123 cm³/mol. The molecule has 0 heterocycles. The lowest BCUT2D eigenvalue weighted by atomic mass is 9.45. The molecule has 2 aromatic rings. The van der Waals surface area contributed by atoms with Crippen LogP contribution in [-0.2, 0) is 0 Å². The van der Waals surface area contributed by atoms with E-state index in [0.717, 1.165) is 30.8 Å². The van der Waals surface area contributed by atoms with E-state index in [1.54, 1.807) is 0 Å². The van der Waals surface area contributed by atoms with Crippen molar-refractivity contribution >= 4 is 0 Å². The molecule has 4 atom stereocenters. The van der Waals surface area contributed by atoms with Gasteiger partial charge >= 0.3 is 0 Å². The van der Waals surface area contributed by atoms with Gasteiger partial charge in [0.05, 0.1) is 0 Å². The van der Waals surface area contributed by atoms with Gasteiger partial charge in [0, 0.05) is 25.0 Å². The molecule has 2 nitrogen and oxygen atoms in total. The quantitative estimate of drug-likeness (QED) is 0.594. The molecule has 0 spiro atoms. The van der Waals surface area contributed by atoms with E-state index >= 15 is 0 Å². The van der Waals surface area contributed by atoms with Gasteiger partial charge in [0.1, 0.15) is 0 Å². The van der Waals surface area contributed by atoms with Crippen LogP contribution < -0.4 is 10.6 Å². The number of fused-ring (bicyclic) bond motifs is 2. The van der Waals surface area contributed by atoms with E-state index in [0.29, 0.717) is 17.4 Å². The van der Waals surface area contributed by atoms with E-state index < -0.39 is 0 Å². The van der Waals surface area contributed by atoms with Crippen LogP contribution in [0.5, 0.6) is 0 Å². The molecule has 0 aliphatic heterocycles. The van der Waals surface area contributed by atoms with Crippen molar-refractivity contribution in [3.8, 4) is 0 Å². The van der Waals surface area contributed by atoms with Crippen LogP contribution in [0, 0.1) is 23.2 Å². The number of benzene rings is 2. The monoisotopic (exact) mass is 390 g/mol. The molecule has 0 amide bonds. The Bertz CT molecular complexity index is 713. The van der Waals surface area contributed by atoms with Gasteiger partial charge in [-0.3, -0.25) is 0 Å². The Balaban J connectivity index is 1.26. The van der Waals surface area contributed by atoms with Gasteiger partial charge < -0.3 is 10.6 Å². The van der Waals surface area contributed by atoms with Gasteiger partial charge in [-0.05, 0) is 67.0 Å². The lowest BCUT2D eigenvalue weighted by Crippen LogP contribution is -2.55. The topological polar surface area (TPSA) is 24.1 Å². The molecule has 29 heavy (non-hydrogen) atoms. The molecule has 2 bridgehead atoms. The summed E-state index contributed by atoms with van der Waals surface area (Å²) in [5, 5.41) is 7.58. The van der Waals surface area contributed by atoms with E-state index in [9.17, 15) is 0 Å². The molecule has 156 valence electrons. The fourth-order valence-electron chi connectivity index (χ4n) is 5.87. The van der Waals surface area contributed by atoms with Crippen LogP contribution in [0.25, 0.3) is 0 Å². The molecule has 2 aromatic carbocycles. The summed E-state index contributed by atoms with van der Waals surface area (Å²) >= 11 is 0. The van der Waals surface area contributed by atoms with Crippen molar-refractivity contribution < 1.29 is 0 Å². The van der Waals surface area contributed by atoms with Crippen LogP contribution in [-0.4, -0.2) is 25.7 Å². The highest BCUT2D eigenvalue weighted by molar-refractivity contribution is 5.32. The first-order valence-electron chi connectivity index (χ1n) is 11.6. The summed E-state index contributed by atoms with van der Waals surface area (Å²) in [4.78, 5) is 0. The third kappa shape index (κ3) is 4.59. The first-order chi connectivity index (χ1) is 14.1. The maximum atomic E-state index is 3.84. The zero-order chi connectivity index (χ0) is 20.3. The largest absolute Gasteiger partial charge is 0.314 e. The Morgan fingerprint density at radius 1 is 0.897 bits per heavy atom. The Labute approximate surface area is 177 Å². The van der Waals surface area contributed by atoms with E-state index in [4.69, 9.17) is 0 Å². The first-order valence-corrected chi connectivity index (χ1v) is 11.6. The Morgan fingerprint density at radius 2 is 1.52 bits per heavy atom. The molecule has 2 unspecified atom stereocenters. The standard InChI is InChI=1S/C27H38N2/c1-20(29-18-23-14-15-24-16-26(23)27(24,2)3)17-28-19-25(21-10-6-4-7-11-21)22-12-8-5-9-13-22/h4-13,20,23-26,28-29H,14-19H2,1-3H3/t20?,23?,24-,26-/m0/s1. The van der Waals surface area contributed by atoms with Crippen molar-refractivity contribution in [2.24, 2.45) is 23.2 Å². The summed E-state index contributed by atoms with van der Waals surface area (Å²) in [5.41, 5.74) is 3.36. The highest BCUT2D eigenvalue weighted by atomic mass is 15.0. The number of rotatable bonds is 9. The molecule has 3 saturated carbocycles. The van der Waals surface area contributed by atoms with Crippen LogP contribution in [0.3, 0.4) is 0 Å². The van der Waals surface area contributed by atoms with Gasteiger partial charge in [-0.1, -0.05) is 74.5 Å². The van der Waals surface area contributed by atoms with Crippen LogP contribution in [0.2, 0.25) is 0 Å². The molecular formula is C27H38N2. The minimum Gasteiger partial charge on any atom is -0.314 e. The highest BCUT2D eigenvalue weighted by Crippen LogP contribution is 2.61. The predicted octanol–water partition coefficient (Wildman–Crippen LogP) is 5.46. The van der Waals surface area contributed by atoms with Crippen LogP contribution >= 0.6 is 0 Å². The summed E-state index contributed by atoms with van der Waals surface area (Å²) in [6.07, 6.45) is 4.34. The first kappa shape index (κ1) is 20.6. The molecular weight excluding hydrogens is 352 g/mol. The lowest BCUT2D eigenvalue weighted by molar-refractivity contribution is -0.104. The number of hydrogen-bond acceptors (Lipinski definition) is 2. The van der Waals surface area contributed by atoms with Gasteiger partial charge in [0.25, 0.3) is 0 Å². The van der Waals surface area contributed by atoms with Crippen LogP contribution in [0.1, 0.15) is 57.1 Å². The van der Waals surface area contributed by atoms with Crippen molar-refractivity contribution in [3.05, 3.63) is 71.8 Å². The molecule has 0 aromatic heterocycles. The molecule has 3 fully saturated rings. The molecule has 5 rings (SSSR count). The second kappa shape index (κ2) is 9.02. The summed E-state index contributed by atoms with van der Waals surface area (Å²) in [6, 6.07) is 22.3. The van der Waals surface area contributed by atoms with Gasteiger partial charge in [-0.25, -0.2) is 0 Å². The van der Waals surface area contributed by atoms with Gasteiger partial charge in [-0.15, -0.1) is 0 Å². The Hall–Kier alpha value is -1.64. The Kier molecular flexibility index (Phi) is 6.41. The number of hydrogen-bond donors (Lipinski definition) is 2. The van der Waals surface area contributed by atoms with Crippen molar-refractivity contribution in [1.29, 1.82) is 0 Å². The SMILES string of the molecule is CC(CNCC(c1ccccc1)c1ccccc1)NCC1CC[C@H]2C[C@@H]1C2(C)C. The van der Waals surface area contributed by atoms with Gasteiger partial charge in [0.2, 0.25) is 0 Å². The van der Waals surface area contributed by atoms with Crippen LogP contribution in [0.4, 0.5) is 0 Å². The molecule has 2 N–H and O–H groups in total. The Morgan fingerprint density at radius 3 is 2.07 bits per heavy atom. The third-order valence-electron chi connectivity index (χ3n) is 7.93. The highest BCUT2D eigenvalue weighted by Gasteiger charge is 2.53. The third-order valence-corrected chi connectivity index (χ3v) is 7.93. The molecule has 3 aliphatic rings. The molecule has 0 radical (unpaired) electrons. The van der Waals surface area contributed by atoms with Crippen molar-refractivity contribution in [2.75, 3.05) is 19.6 Å². The maximum absolute atomic E-state index is 3.84. The minimum atomic E-state index is 0.399.